The molecular weight excluding hydrogens is 214 g/mol. The molecule has 1 aromatic rings. The minimum atomic E-state index is -0.397. The van der Waals surface area contributed by atoms with Gasteiger partial charge in [-0.05, 0) is 18.6 Å². The molecule has 0 aliphatic carbocycles. The average molecular weight is 233 g/mol. The Hall–Kier alpha value is -1.55. The largest absolute Gasteiger partial charge is 0.371 e. The molecule has 1 unspecified atom stereocenters. The fraction of sp³-hybridized carbons (Fsp3) is 0.462. The van der Waals surface area contributed by atoms with Gasteiger partial charge in [-0.2, -0.15) is 0 Å². The van der Waals surface area contributed by atoms with Crippen molar-refractivity contribution in [2.45, 2.75) is 19.4 Å². The highest BCUT2D eigenvalue weighted by Crippen LogP contribution is 2.31. The molecule has 4 heteroatoms. The highest BCUT2D eigenvalue weighted by atomic mass is 16.2. The van der Waals surface area contributed by atoms with Crippen LogP contribution in [0.2, 0.25) is 0 Å². The van der Waals surface area contributed by atoms with E-state index in [4.69, 9.17) is 5.73 Å². The van der Waals surface area contributed by atoms with Gasteiger partial charge in [0, 0.05) is 20.1 Å². The van der Waals surface area contributed by atoms with Gasteiger partial charge in [-0.15, -0.1) is 0 Å². The van der Waals surface area contributed by atoms with Crippen molar-refractivity contribution >= 4 is 17.3 Å². The number of hydrogen-bond acceptors (Lipinski definition) is 3. The number of benzene rings is 1. The molecule has 1 aromatic carbocycles. The van der Waals surface area contributed by atoms with Crippen LogP contribution in [0, 0.1) is 0 Å². The first-order chi connectivity index (χ1) is 8.15. The zero-order valence-corrected chi connectivity index (χ0v) is 10.4. The smallest absolute Gasteiger partial charge is 0.244 e. The second-order valence-electron chi connectivity index (χ2n) is 4.41. The third-order valence-corrected chi connectivity index (χ3v) is 3.27. The number of carbonyl (C=O) groups excluding carboxylic acids is 1. The molecule has 1 aliphatic rings. The Morgan fingerprint density at radius 2 is 2.00 bits per heavy atom. The van der Waals surface area contributed by atoms with Gasteiger partial charge in [0.1, 0.15) is 0 Å². The lowest BCUT2D eigenvalue weighted by Crippen LogP contribution is -2.49. The highest BCUT2D eigenvalue weighted by molar-refractivity contribution is 6.00. The van der Waals surface area contributed by atoms with Crippen molar-refractivity contribution in [3.63, 3.8) is 0 Å². The van der Waals surface area contributed by atoms with Crippen LogP contribution in [0.15, 0.2) is 24.3 Å². The molecule has 92 valence electrons. The molecule has 0 bridgehead atoms. The molecule has 0 saturated carbocycles. The maximum Gasteiger partial charge on any atom is 0.244 e. The van der Waals surface area contributed by atoms with Crippen molar-refractivity contribution < 1.29 is 4.79 Å². The highest BCUT2D eigenvalue weighted by Gasteiger charge is 2.27. The lowest BCUT2D eigenvalue weighted by molar-refractivity contribution is -0.119. The molecule has 2 N–H and O–H groups in total. The summed E-state index contributed by atoms with van der Waals surface area (Å²) in [6.45, 7) is 3.49. The van der Waals surface area contributed by atoms with E-state index in [0.29, 0.717) is 13.0 Å². The third-order valence-electron chi connectivity index (χ3n) is 3.27. The van der Waals surface area contributed by atoms with E-state index in [1.807, 2.05) is 43.1 Å². The Labute approximate surface area is 102 Å². The summed E-state index contributed by atoms with van der Waals surface area (Å²) in [5, 5.41) is 0. The summed E-state index contributed by atoms with van der Waals surface area (Å²) in [5.41, 5.74) is 7.89. The van der Waals surface area contributed by atoms with Crippen LogP contribution in [0.25, 0.3) is 0 Å². The van der Waals surface area contributed by atoms with E-state index in [1.54, 1.807) is 0 Å². The summed E-state index contributed by atoms with van der Waals surface area (Å²) in [7, 11) is 2.04. The Morgan fingerprint density at radius 1 is 1.35 bits per heavy atom. The maximum absolute atomic E-state index is 12.2. The number of anilines is 2. The topological polar surface area (TPSA) is 49.6 Å². The van der Waals surface area contributed by atoms with Crippen molar-refractivity contribution in [2.24, 2.45) is 5.73 Å². The first-order valence-electron chi connectivity index (χ1n) is 6.02. The van der Waals surface area contributed by atoms with E-state index in [9.17, 15) is 4.79 Å². The van der Waals surface area contributed by atoms with Gasteiger partial charge in [0.25, 0.3) is 0 Å². The molecule has 0 fully saturated rings. The fourth-order valence-electron chi connectivity index (χ4n) is 2.11. The van der Waals surface area contributed by atoms with Gasteiger partial charge in [-0.1, -0.05) is 19.1 Å². The van der Waals surface area contributed by atoms with Crippen molar-refractivity contribution in [1.29, 1.82) is 0 Å². The number of nitrogens with zero attached hydrogens (tertiary/aromatic N) is 2. The minimum absolute atomic E-state index is 0.0213. The Kier molecular flexibility index (Phi) is 3.33. The van der Waals surface area contributed by atoms with Gasteiger partial charge in [0.2, 0.25) is 5.91 Å². The van der Waals surface area contributed by atoms with Crippen LogP contribution in [0.3, 0.4) is 0 Å². The predicted molar refractivity (Wildman–Crippen MR) is 70.3 cm³/mol. The second kappa shape index (κ2) is 4.75. The fourth-order valence-corrected chi connectivity index (χ4v) is 2.11. The number of para-hydroxylation sites is 2. The van der Waals surface area contributed by atoms with Crippen molar-refractivity contribution in [2.75, 3.05) is 29.9 Å². The van der Waals surface area contributed by atoms with Crippen molar-refractivity contribution in [3.05, 3.63) is 24.3 Å². The van der Waals surface area contributed by atoms with Crippen molar-refractivity contribution in [1.82, 2.24) is 0 Å². The molecule has 0 saturated heterocycles. The molecule has 1 amide bonds. The van der Waals surface area contributed by atoms with Crippen LogP contribution in [0.1, 0.15) is 13.3 Å². The van der Waals surface area contributed by atoms with Crippen molar-refractivity contribution in [3.8, 4) is 0 Å². The van der Waals surface area contributed by atoms with E-state index in [-0.39, 0.29) is 5.91 Å². The lowest BCUT2D eigenvalue weighted by atomic mass is 10.1. The summed E-state index contributed by atoms with van der Waals surface area (Å²) in [4.78, 5) is 16.2. The number of nitrogens with two attached hydrogens (primary N) is 1. The Bertz CT molecular complexity index is 419. The summed E-state index contributed by atoms with van der Waals surface area (Å²) in [6, 6.07) is 7.56. The molecule has 1 heterocycles. The Balaban J connectivity index is 2.33. The summed E-state index contributed by atoms with van der Waals surface area (Å²) in [5.74, 6) is 0.0213. The first kappa shape index (κ1) is 11.9. The standard InChI is InChI=1S/C13H19N3O/c1-3-10(14)13(17)16-9-8-15(2)11-6-4-5-7-12(11)16/h4-7,10H,3,8-9,14H2,1-2H3. The van der Waals surface area contributed by atoms with Gasteiger partial charge >= 0.3 is 0 Å². The molecule has 0 spiro atoms. The van der Waals surface area contributed by atoms with Crippen LogP contribution in [-0.2, 0) is 4.79 Å². The Morgan fingerprint density at radius 3 is 2.65 bits per heavy atom. The molecule has 1 aliphatic heterocycles. The van der Waals surface area contributed by atoms with Gasteiger partial charge < -0.3 is 15.5 Å². The number of amides is 1. The number of fused-ring (bicyclic) bond motifs is 1. The van der Waals surface area contributed by atoms with Gasteiger partial charge in [0.05, 0.1) is 17.4 Å². The molecule has 0 aromatic heterocycles. The van der Waals surface area contributed by atoms with Gasteiger partial charge in [0.15, 0.2) is 0 Å². The molecular formula is C13H19N3O. The monoisotopic (exact) mass is 233 g/mol. The maximum atomic E-state index is 12.2. The van der Waals surface area contributed by atoms with Gasteiger partial charge in [-0.3, -0.25) is 4.79 Å². The van der Waals surface area contributed by atoms with Crippen LogP contribution >= 0.6 is 0 Å². The number of hydrogen-bond donors (Lipinski definition) is 1. The van der Waals surface area contributed by atoms with Crippen LogP contribution in [-0.4, -0.2) is 32.1 Å². The SMILES string of the molecule is CCC(N)C(=O)N1CCN(C)c2ccccc21. The van der Waals surface area contributed by atoms with Gasteiger partial charge in [-0.25, -0.2) is 0 Å². The quantitative estimate of drug-likeness (QED) is 0.835. The molecule has 1 atom stereocenters. The minimum Gasteiger partial charge on any atom is -0.371 e. The molecule has 4 nitrogen and oxygen atoms in total. The zero-order valence-electron chi connectivity index (χ0n) is 10.4. The van der Waals surface area contributed by atoms with E-state index in [0.717, 1.165) is 17.9 Å². The average Bonchev–Trinajstić information content (AvgIpc) is 2.38. The third kappa shape index (κ3) is 2.13. The normalized spacial score (nSPS) is 16.6. The van der Waals surface area contributed by atoms with E-state index in [1.165, 1.54) is 0 Å². The number of likely N-dealkylation sites (N-methyl/N-ethyl adjacent to an activating group) is 1. The summed E-state index contributed by atoms with van der Waals surface area (Å²) < 4.78 is 0. The van der Waals surface area contributed by atoms with E-state index < -0.39 is 6.04 Å². The molecule has 17 heavy (non-hydrogen) atoms. The van der Waals surface area contributed by atoms with Crippen LogP contribution in [0.5, 0.6) is 0 Å². The summed E-state index contributed by atoms with van der Waals surface area (Å²) in [6.07, 6.45) is 0.674. The predicted octanol–water partition coefficient (Wildman–Crippen LogP) is 1.21. The second-order valence-corrected chi connectivity index (χ2v) is 4.41. The lowest BCUT2D eigenvalue weighted by Gasteiger charge is -2.36. The number of carbonyl (C=O) groups is 1. The molecule has 2 rings (SSSR count). The van der Waals surface area contributed by atoms with Crippen LogP contribution < -0.4 is 15.5 Å². The molecule has 0 radical (unpaired) electrons. The van der Waals surface area contributed by atoms with E-state index >= 15 is 0 Å². The number of rotatable bonds is 2. The summed E-state index contributed by atoms with van der Waals surface area (Å²) >= 11 is 0. The zero-order chi connectivity index (χ0) is 12.4. The van der Waals surface area contributed by atoms with Crippen LogP contribution in [0.4, 0.5) is 11.4 Å². The first-order valence-corrected chi connectivity index (χ1v) is 6.02. The van der Waals surface area contributed by atoms with E-state index in [2.05, 4.69) is 4.90 Å².